The number of hydrogen-bond acceptors (Lipinski definition) is 8. The first kappa shape index (κ1) is 12.3. The van der Waals surface area contributed by atoms with Gasteiger partial charge in [-0.25, -0.2) is 18.8 Å². The summed E-state index contributed by atoms with van der Waals surface area (Å²) in [7, 11) is 0. The largest absolute Gasteiger partial charge is 0.476 e. The molecule has 0 spiro atoms. The minimum absolute atomic E-state index is 0. The smallest absolute Gasteiger partial charge is 0.360 e. The second kappa shape index (κ2) is 4.36. The van der Waals surface area contributed by atoms with Crippen LogP contribution in [0.5, 0.6) is 0 Å². The molecule has 0 aliphatic heterocycles. The number of nitrogens with zero attached hydrogens (tertiary/aromatic N) is 4. The van der Waals surface area contributed by atoms with Gasteiger partial charge in [0.2, 0.25) is 11.4 Å². The van der Waals surface area contributed by atoms with Gasteiger partial charge in [0.1, 0.15) is 0 Å². The lowest BCUT2D eigenvalue weighted by atomic mass is 10.2. The molecule has 2 aromatic heterocycles. The molecule has 90 valence electrons. The maximum absolute atomic E-state index is 10.7. The van der Waals surface area contributed by atoms with Gasteiger partial charge in [0, 0.05) is 0 Å². The normalized spacial score (nSPS) is 9.65. The van der Waals surface area contributed by atoms with E-state index >= 15 is 0 Å². The van der Waals surface area contributed by atoms with Crippen molar-refractivity contribution in [3.05, 3.63) is 11.4 Å². The fourth-order valence-electron chi connectivity index (χ4n) is 0.969. The first-order chi connectivity index (χ1) is 7.61. The maximum Gasteiger partial charge on any atom is 0.360 e. The van der Waals surface area contributed by atoms with Crippen LogP contribution in [0, 0.1) is 0 Å². The van der Waals surface area contributed by atoms with Gasteiger partial charge in [-0.1, -0.05) is 0 Å². The lowest BCUT2D eigenvalue weighted by Crippen LogP contribution is -2.03. The summed E-state index contributed by atoms with van der Waals surface area (Å²) in [6, 6.07) is 0. The molecule has 0 aliphatic rings. The molecule has 0 unspecified atom stereocenters. The van der Waals surface area contributed by atoms with E-state index in [9.17, 15) is 9.59 Å². The zero-order valence-electron chi connectivity index (χ0n) is 7.82. The molecule has 11 heteroatoms. The van der Waals surface area contributed by atoms with Crippen LogP contribution in [0.15, 0.2) is 9.26 Å². The molecule has 4 N–H and O–H groups in total. The molecule has 2 rings (SSSR count). The van der Waals surface area contributed by atoms with Crippen molar-refractivity contribution >= 4 is 11.9 Å². The highest BCUT2D eigenvalue weighted by atomic mass is 16.6. The van der Waals surface area contributed by atoms with Crippen molar-refractivity contribution < 1.29 is 34.5 Å². The Morgan fingerprint density at radius 1 is 0.824 bits per heavy atom. The second-order valence-corrected chi connectivity index (χ2v) is 2.53. The van der Waals surface area contributed by atoms with Crippen molar-refractivity contribution in [1.29, 1.82) is 0 Å². The van der Waals surface area contributed by atoms with Crippen LogP contribution < -0.4 is 0 Å². The summed E-state index contributed by atoms with van der Waals surface area (Å²) in [6.45, 7) is 0. The summed E-state index contributed by atoms with van der Waals surface area (Å²) in [6.07, 6.45) is 0. The van der Waals surface area contributed by atoms with Crippen LogP contribution in [-0.2, 0) is 0 Å². The van der Waals surface area contributed by atoms with Gasteiger partial charge < -0.3 is 15.7 Å². The number of hydrogen-bond donors (Lipinski definition) is 2. The molecule has 2 aromatic rings. The zero-order chi connectivity index (χ0) is 11.7. The number of carboxylic acid groups (broad SMARTS) is 2. The van der Waals surface area contributed by atoms with Crippen molar-refractivity contribution in [1.82, 2.24) is 20.6 Å². The first-order valence-electron chi connectivity index (χ1n) is 3.73. The third kappa shape index (κ3) is 1.93. The number of rotatable bonds is 3. The van der Waals surface area contributed by atoms with Crippen LogP contribution in [0.4, 0.5) is 0 Å². The molecule has 2 heterocycles. The molecular formula is C6H4N4O7. The van der Waals surface area contributed by atoms with Crippen LogP contribution in [0.1, 0.15) is 21.0 Å². The van der Waals surface area contributed by atoms with E-state index in [2.05, 4.69) is 29.9 Å². The topological polar surface area (TPSA) is 184 Å². The molecule has 0 saturated heterocycles. The average molecular weight is 244 g/mol. The lowest BCUT2D eigenvalue weighted by molar-refractivity contribution is 0.0672. The van der Waals surface area contributed by atoms with Gasteiger partial charge in [-0.2, -0.15) is 0 Å². The van der Waals surface area contributed by atoms with E-state index in [0.29, 0.717) is 0 Å². The molecule has 0 aliphatic carbocycles. The summed E-state index contributed by atoms with van der Waals surface area (Å²) in [4.78, 5) is 21.3. The third-order valence-electron chi connectivity index (χ3n) is 1.61. The second-order valence-electron chi connectivity index (χ2n) is 2.53. The zero-order valence-corrected chi connectivity index (χ0v) is 7.82. The third-order valence-corrected chi connectivity index (χ3v) is 1.61. The Bertz CT molecular complexity index is 508. The number of carboxylic acids is 2. The number of carbonyl (C=O) groups is 2. The standard InChI is InChI=1S/C6H2N4O6.H2O/c11-5(12)3-1(7-15-9-3)2-4(6(13)14)10-16-8-2;/h(H,11,12)(H,13,14);1H2. The quantitative estimate of drug-likeness (QED) is 0.656. The van der Waals surface area contributed by atoms with Crippen molar-refractivity contribution in [2.75, 3.05) is 0 Å². The van der Waals surface area contributed by atoms with Crippen LogP contribution in [-0.4, -0.2) is 48.3 Å². The Hall–Kier alpha value is -2.82. The number of aromatic nitrogens is 4. The SMILES string of the molecule is O.O=C(O)c1nonc1-c1nonc1C(=O)O. The summed E-state index contributed by atoms with van der Waals surface area (Å²) >= 11 is 0. The van der Waals surface area contributed by atoms with Gasteiger partial charge in [0.25, 0.3) is 0 Å². The minimum Gasteiger partial charge on any atom is -0.476 e. The summed E-state index contributed by atoms with van der Waals surface area (Å²) in [5, 5.41) is 30.0. The Labute approximate surface area is 90.9 Å². The minimum atomic E-state index is -1.43. The van der Waals surface area contributed by atoms with Gasteiger partial charge in [-0.3, -0.25) is 0 Å². The number of aromatic carboxylic acids is 2. The maximum atomic E-state index is 10.7. The molecular weight excluding hydrogens is 240 g/mol. The van der Waals surface area contributed by atoms with Gasteiger partial charge in [0.15, 0.2) is 11.4 Å². The monoisotopic (exact) mass is 244 g/mol. The van der Waals surface area contributed by atoms with Crippen molar-refractivity contribution in [2.45, 2.75) is 0 Å². The molecule has 17 heavy (non-hydrogen) atoms. The van der Waals surface area contributed by atoms with Gasteiger partial charge >= 0.3 is 11.9 Å². The van der Waals surface area contributed by atoms with E-state index < -0.39 is 23.3 Å². The Morgan fingerprint density at radius 2 is 1.18 bits per heavy atom. The summed E-state index contributed by atoms with van der Waals surface area (Å²) in [5.41, 5.74) is -1.85. The summed E-state index contributed by atoms with van der Waals surface area (Å²) < 4.78 is 8.36. The fraction of sp³-hybridized carbons (Fsp3) is 0. The van der Waals surface area contributed by atoms with Crippen molar-refractivity contribution in [3.8, 4) is 11.4 Å². The van der Waals surface area contributed by atoms with Crippen LogP contribution in [0.2, 0.25) is 0 Å². The van der Waals surface area contributed by atoms with Crippen molar-refractivity contribution in [2.24, 2.45) is 0 Å². The Balaban J connectivity index is 0.00000144. The van der Waals surface area contributed by atoms with Crippen LogP contribution in [0.3, 0.4) is 0 Å². The highest BCUT2D eigenvalue weighted by Gasteiger charge is 2.28. The first-order valence-corrected chi connectivity index (χ1v) is 3.73. The Kier molecular flexibility index (Phi) is 3.14. The molecule has 0 fully saturated rings. The lowest BCUT2D eigenvalue weighted by Gasteiger charge is -1.89. The fourth-order valence-corrected chi connectivity index (χ4v) is 0.969. The van der Waals surface area contributed by atoms with E-state index in [1.807, 2.05) is 0 Å². The predicted molar refractivity (Wildman–Crippen MR) is 45.1 cm³/mol. The summed E-state index contributed by atoms with van der Waals surface area (Å²) in [5.74, 6) is -2.87. The van der Waals surface area contributed by atoms with Crippen LogP contribution >= 0.6 is 0 Å². The van der Waals surface area contributed by atoms with Gasteiger partial charge in [0.05, 0.1) is 0 Å². The Morgan fingerprint density at radius 3 is 1.47 bits per heavy atom. The van der Waals surface area contributed by atoms with Crippen LogP contribution in [0.25, 0.3) is 11.4 Å². The van der Waals surface area contributed by atoms with E-state index in [-0.39, 0.29) is 16.9 Å². The molecule has 0 saturated carbocycles. The molecule has 0 aromatic carbocycles. The van der Waals surface area contributed by atoms with E-state index in [1.54, 1.807) is 0 Å². The highest BCUT2D eigenvalue weighted by Crippen LogP contribution is 2.21. The van der Waals surface area contributed by atoms with Gasteiger partial charge in [-0.05, 0) is 20.6 Å². The van der Waals surface area contributed by atoms with E-state index in [0.717, 1.165) is 0 Å². The van der Waals surface area contributed by atoms with Crippen molar-refractivity contribution in [3.63, 3.8) is 0 Å². The average Bonchev–Trinajstić information content (AvgIpc) is 2.85. The molecule has 0 bridgehead atoms. The van der Waals surface area contributed by atoms with Gasteiger partial charge in [-0.15, -0.1) is 0 Å². The molecule has 11 nitrogen and oxygen atoms in total. The molecule has 0 atom stereocenters. The highest BCUT2D eigenvalue weighted by molar-refractivity contribution is 5.97. The predicted octanol–water partition coefficient (Wildman–Crippen LogP) is -1.31. The molecule has 0 radical (unpaired) electrons. The molecule has 0 amide bonds. The van der Waals surface area contributed by atoms with E-state index in [1.165, 1.54) is 0 Å². The van der Waals surface area contributed by atoms with E-state index in [4.69, 9.17) is 10.2 Å².